The number of hydrogen-bond donors (Lipinski definition) is 0. The first-order valence-corrected chi connectivity index (χ1v) is 24.4. The second kappa shape index (κ2) is 25.7. The predicted molar refractivity (Wildman–Crippen MR) is 263 cm³/mol. The normalized spacial score (nSPS) is 21.4. The molecule has 0 N–H and O–H groups in total. The Morgan fingerprint density at radius 2 is 1.03 bits per heavy atom. The molecule has 20 nitrogen and oxygen atoms in total. The van der Waals surface area contributed by atoms with E-state index in [-0.39, 0.29) is 71.0 Å². The molecule has 0 radical (unpaired) electrons. The average molecular weight is 1010 g/mol. The molecule has 4 heterocycles. The molecule has 0 aromatic heterocycles. The van der Waals surface area contributed by atoms with E-state index >= 15 is 0 Å². The van der Waals surface area contributed by atoms with Crippen LogP contribution in [-0.4, -0.2) is 198 Å². The van der Waals surface area contributed by atoms with Gasteiger partial charge >= 0.3 is 36.1 Å². The number of hydrogen-bond acceptors (Lipinski definition) is 17. The number of benzene rings is 2. The fourth-order valence-electron chi connectivity index (χ4n) is 8.96. The monoisotopic (exact) mass is 1010 g/mol. The molecular formula is C52H75N4O16+. The van der Waals surface area contributed by atoms with E-state index in [0.717, 1.165) is 45.2 Å². The van der Waals surface area contributed by atoms with Gasteiger partial charge in [0.05, 0.1) is 67.2 Å². The minimum Gasteiger partial charge on any atom is -0.492 e. The molecule has 398 valence electrons. The highest BCUT2D eigenvalue weighted by molar-refractivity contribution is 6.03. The maximum Gasteiger partial charge on any atom is 0.613 e. The van der Waals surface area contributed by atoms with Crippen molar-refractivity contribution in [1.29, 1.82) is 0 Å². The summed E-state index contributed by atoms with van der Waals surface area (Å²) in [4.78, 5) is 80.7. The zero-order valence-corrected chi connectivity index (χ0v) is 43.9. The summed E-state index contributed by atoms with van der Waals surface area (Å²) >= 11 is 0. The van der Waals surface area contributed by atoms with Gasteiger partial charge in [-0.05, 0) is 124 Å². The lowest BCUT2D eigenvalue weighted by Crippen LogP contribution is -2.49. The van der Waals surface area contributed by atoms with Crippen LogP contribution in [0.15, 0.2) is 36.4 Å². The third-order valence-electron chi connectivity index (χ3n) is 12.5. The van der Waals surface area contributed by atoms with Gasteiger partial charge in [-0.1, -0.05) is 0 Å². The van der Waals surface area contributed by atoms with Gasteiger partial charge in [-0.25, -0.2) is 24.0 Å². The summed E-state index contributed by atoms with van der Waals surface area (Å²) in [5, 5.41) is 0. The summed E-state index contributed by atoms with van der Waals surface area (Å²) in [6.07, 6.45) is 4.04. The van der Waals surface area contributed by atoms with Crippen molar-refractivity contribution in [3.05, 3.63) is 58.7 Å². The molecule has 4 saturated heterocycles. The molecule has 0 spiro atoms. The van der Waals surface area contributed by atoms with Crippen LogP contribution in [0.25, 0.3) is 0 Å². The van der Waals surface area contributed by atoms with E-state index in [1.165, 1.54) is 45.6 Å². The first-order valence-electron chi connectivity index (χ1n) is 24.4. The van der Waals surface area contributed by atoms with Crippen molar-refractivity contribution in [2.75, 3.05) is 87.8 Å². The zero-order valence-electron chi connectivity index (χ0n) is 43.9. The first kappa shape index (κ1) is 57.1. The summed E-state index contributed by atoms with van der Waals surface area (Å²) < 4.78 is 54.7. The number of piperidine rings is 3. The number of likely N-dealkylation sites (tertiary alicyclic amines) is 4. The van der Waals surface area contributed by atoms with Crippen molar-refractivity contribution < 1.29 is 75.8 Å². The van der Waals surface area contributed by atoms with Crippen molar-refractivity contribution in [1.82, 2.24) is 19.6 Å². The second-order valence-corrected chi connectivity index (χ2v) is 20.5. The molecule has 2 aromatic rings. The van der Waals surface area contributed by atoms with E-state index in [2.05, 4.69) is 21.0 Å². The number of methoxy groups -OCH3 is 3. The van der Waals surface area contributed by atoms with E-state index < -0.39 is 35.1 Å². The molecule has 0 unspecified atom stereocenters. The van der Waals surface area contributed by atoms with Crippen LogP contribution in [0.4, 0.5) is 9.59 Å². The standard InChI is InChI=1S/C26H37N2O8.C26H38N2O8/c1-26(2,3)36-25(31)28-11-9-18(10-12-28)35-20-13-17(27(4)15-20)16-34-19-7-8-21(23(29)32-5)22(14-19)24(30)33-6;1-26(2,3)36-25(31)28-11-9-17(10-12-28)34-19-13-20(16-27(4)15-19)35-18-7-8-21(23(29)32-5)22(14-18)24(30)33-6/h7-8,14,17-18,20H,5,9-13,15-16H2,1-4,6H3;7-8,14,17,19-20H,9-13,15-16H2,1-6H3/q+1;/t17-,20+;19-,20-/m01/s1. The Balaban J connectivity index is 0.000000267. The Bertz CT molecular complexity index is 2210. The summed E-state index contributed by atoms with van der Waals surface area (Å²) in [6, 6.07) is 9.34. The summed E-state index contributed by atoms with van der Waals surface area (Å²) in [5.74, 6) is -1.73. The molecule has 4 aliphatic rings. The van der Waals surface area contributed by atoms with E-state index in [0.29, 0.717) is 57.3 Å². The van der Waals surface area contributed by atoms with Gasteiger partial charge in [-0.2, -0.15) is 0 Å². The predicted octanol–water partition coefficient (Wildman–Crippen LogP) is 5.97. The number of carbonyl (C=O) groups excluding carboxylic acids is 7. The van der Waals surface area contributed by atoms with E-state index in [4.69, 9.17) is 42.6 Å². The van der Waals surface area contributed by atoms with Gasteiger partial charge in [0.25, 0.3) is 0 Å². The molecule has 0 aliphatic carbocycles. The quantitative estimate of drug-likeness (QED) is 0.129. The van der Waals surface area contributed by atoms with Gasteiger partial charge in [0.15, 0.2) is 6.79 Å². The number of carbonyl (C=O) groups is 6. The highest BCUT2D eigenvalue weighted by Crippen LogP contribution is 2.29. The second-order valence-electron chi connectivity index (χ2n) is 20.5. The van der Waals surface area contributed by atoms with Crippen molar-refractivity contribution in [3.8, 4) is 11.5 Å². The molecule has 4 atom stereocenters. The fraction of sp³-hybridized carbons (Fsp3) is 0.635. The topological polar surface area (TPSA) is 210 Å². The van der Waals surface area contributed by atoms with Gasteiger partial charge in [0.2, 0.25) is 0 Å². The number of likely N-dealkylation sites (N-methyl/N-ethyl adjacent to an activating group) is 2. The van der Waals surface area contributed by atoms with Crippen LogP contribution in [0.1, 0.15) is 121 Å². The highest BCUT2D eigenvalue weighted by Gasteiger charge is 2.36. The van der Waals surface area contributed by atoms with Crippen molar-refractivity contribution in [2.45, 2.75) is 128 Å². The molecule has 6 rings (SSSR count). The van der Waals surface area contributed by atoms with Crippen LogP contribution >= 0.6 is 0 Å². The Labute approximate surface area is 423 Å². The van der Waals surface area contributed by atoms with Gasteiger partial charge < -0.3 is 57.3 Å². The maximum atomic E-state index is 12.3. The van der Waals surface area contributed by atoms with Crippen molar-refractivity contribution >= 4 is 42.9 Å². The number of ether oxygens (including phenoxy) is 9. The minimum atomic E-state index is -0.727. The first-order chi connectivity index (χ1) is 34.0. The van der Waals surface area contributed by atoms with Crippen molar-refractivity contribution in [3.63, 3.8) is 0 Å². The third kappa shape index (κ3) is 16.9. The molecule has 4 fully saturated rings. The molecule has 2 aromatic carbocycles. The zero-order chi connectivity index (χ0) is 52.9. The highest BCUT2D eigenvalue weighted by atomic mass is 16.6. The van der Waals surface area contributed by atoms with Gasteiger partial charge in [-0.15, -0.1) is 0 Å². The van der Waals surface area contributed by atoms with Crippen LogP contribution in [0, 0.1) is 0 Å². The van der Waals surface area contributed by atoms with Crippen LogP contribution in [0.2, 0.25) is 0 Å². The largest absolute Gasteiger partial charge is 0.613 e. The van der Waals surface area contributed by atoms with Gasteiger partial charge in [0, 0.05) is 58.3 Å². The minimum absolute atomic E-state index is 0.0266. The summed E-state index contributed by atoms with van der Waals surface area (Å²) in [6.45, 7) is 19.4. The van der Waals surface area contributed by atoms with E-state index in [1.807, 2.05) is 55.6 Å². The SMILES string of the molecule is C=[O+]C(=O)c1ccc(OC[C@@H]2C[C@@H](OC3CCN(C(=O)OC(C)(C)C)CC3)CN2C)cc1C(=O)OC.COC(=O)c1ccc(O[C@@H]2C[C@@H](OC3CCN(C(=O)OC(C)(C)C)CC3)CN(C)C2)cc1C(=O)OC. The average Bonchev–Trinajstić information content (AvgIpc) is 3.69. The molecule has 4 aliphatic heterocycles. The van der Waals surface area contributed by atoms with E-state index in [1.54, 1.807) is 21.9 Å². The van der Waals surface area contributed by atoms with Crippen LogP contribution in [0.5, 0.6) is 11.5 Å². The Morgan fingerprint density at radius 3 is 1.53 bits per heavy atom. The maximum absolute atomic E-state index is 12.3. The van der Waals surface area contributed by atoms with Gasteiger partial charge in [-0.3, -0.25) is 9.32 Å². The number of nitrogens with zero attached hydrogens (tertiary/aromatic N) is 4. The molecule has 20 heteroatoms. The van der Waals surface area contributed by atoms with E-state index in [9.17, 15) is 28.8 Å². The van der Waals surface area contributed by atoms with Crippen LogP contribution in [0.3, 0.4) is 0 Å². The third-order valence-corrected chi connectivity index (χ3v) is 12.5. The smallest absolute Gasteiger partial charge is 0.492 e. The molecular weight excluding hydrogens is 937 g/mol. The summed E-state index contributed by atoms with van der Waals surface area (Å²) in [5.41, 5.74) is -0.677. The Kier molecular flexibility index (Phi) is 20.4. The van der Waals surface area contributed by atoms with Crippen molar-refractivity contribution in [2.24, 2.45) is 0 Å². The lowest BCUT2D eigenvalue weighted by atomic mass is 10.0. The number of esters is 3. The Morgan fingerprint density at radius 1 is 0.583 bits per heavy atom. The van der Waals surface area contributed by atoms with Crippen LogP contribution in [-0.2, 0) is 37.6 Å². The fourth-order valence-corrected chi connectivity index (χ4v) is 8.96. The summed E-state index contributed by atoms with van der Waals surface area (Å²) in [7, 11) is 7.79. The molecule has 0 bridgehead atoms. The number of rotatable bonds is 13. The molecule has 72 heavy (non-hydrogen) atoms. The molecule has 0 saturated carbocycles. The van der Waals surface area contributed by atoms with Crippen LogP contribution < -0.4 is 9.47 Å². The number of amides is 2. The molecule has 2 amide bonds. The lowest BCUT2D eigenvalue weighted by molar-refractivity contribution is -0.334. The van der Waals surface area contributed by atoms with Gasteiger partial charge in [0.1, 0.15) is 41.0 Å². The Hall–Kier alpha value is -5.83. The lowest BCUT2D eigenvalue weighted by Gasteiger charge is -2.39.